The summed E-state index contributed by atoms with van der Waals surface area (Å²) in [4.78, 5) is 16.5. The largest absolute Gasteiger partial charge is 0.293 e. The lowest BCUT2D eigenvalue weighted by Crippen LogP contribution is -2.31. The molecule has 0 aliphatic rings. The minimum atomic E-state index is -0.261. The molecule has 102 valence electrons. The highest BCUT2D eigenvalue weighted by atomic mass is 32.1. The Morgan fingerprint density at radius 3 is 2.76 bits per heavy atom. The molecule has 2 aromatic heterocycles. The summed E-state index contributed by atoms with van der Waals surface area (Å²) in [5.74, 6) is 0. The van der Waals surface area contributed by atoms with Gasteiger partial charge in [-0.25, -0.2) is 0 Å². The Morgan fingerprint density at radius 1 is 1.43 bits per heavy atom. The average molecular weight is 294 g/mol. The van der Waals surface area contributed by atoms with Gasteiger partial charge in [-0.3, -0.25) is 14.3 Å². The summed E-state index contributed by atoms with van der Waals surface area (Å²) in [6.45, 7) is 3.83. The molecule has 5 nitrogen and oxygen atoms in total. The number of pyridine rings is 1. The molecule has 6 heteroatoms. The number of rotatable bonds is 3. The number of aromatic nitrogens is 2. The van der Waals surface area contributed by atoms with Crippen LogP contribution < -0.4 is 14.8 Å². The zero-order chi connectivity index (χ0) is 15.2. The molecule has 0 amide bonds. The number of allylic oxidation sites excluding steroid dienone is 1. The summed E-state index contributed by atoms with van der Waals surface area (Å²) in [5, 5.41) is 18.0. The Bertz CT molecular complexity index is 907. The molecule has 0 spiro atoms. The van der Waals surface area contributed by atoms with E-state index in [9.17, 15) is 4.79 Å². The molecule has 2 rings (SSSR count). The van der Waals surface area contributed by atoms with E-state index in [2.05, 4.69) is 11.6 Å². The first-order valence-electron chi connectivity index (χ1n) is 5.99. The first kappa shape index (κ1) is 14.4. The van der Waals surface area contributed by atoms with Crippen LogP contribution in [0.25, 0.3) is 11.6 Å². The zero-order valence-corrected chi connectivity index (χ0v) is 11.8. The van der Waals surface area contributed by atoms with E-state index >= 15 is 0 Å². The van der Waals surface area contributed by atoms with Crippen LogP contribution in [0.15, 0.2) is 41.8 Å². The first-order valence-corrected chi connectivity index (χ1v) is 6.80. The molecule has 0 aliphatic carbocycles. The molecule has 0 bridgehead atoms. The highest BCUT2D eigenvalue weighted by Crippen LogP contribution is 1.94. The Morgan fingerprint density at radius 2 is 2.19 bits per heavy atom. The molecule has 0 radical (unpaired) electrons. The predicted octanol–water partition coefficient (Wildman–Crippen LogP) is 0.517. The van der Waals surface area contributed by atoms with Crippen LogP contribution >= 0.6 is 11.3 Å². The highest BCUT2D eigenvalue weighted by molar-refractivity contribution is 7.07. The topological polar surface area (TPSA) is 82.5 Å². The highest BCUT2D eigenvalue weighted by Gasteiger charge is 2.08. The van der Waals surface area contributed by atoms with Crippen molar-refractivity contribution >= 4 is 23.0 Å². The molecule has 0 aromatic carbocycles. The van der Waals surface area contributed by atoms with Crippen molar-refractivity contribution in [2.45, 2.75) is 6.54 Å². The Balaban J connectivity index is 2.82. The van der Waals surface area contributed by atoms with E-state index in [1.807, 2.05) is 18.2 Å². The fourth-order valence-corrected chi connectivity index (χ4v) is 2.76. The van der Waals surface area contributed by atoms with Gasteiger partial charge in [0.15, 0.2) is 5.57 Å². The third-order valence-electron chi connectivity index (χ3n) is 2.62. The smallest absolute Gasteiger partial charge is 0.269 e. The van der Waals surface area contributed by atoms with Gasteiger partial charge in [-0.1, -0.05) is 12.1 Å². The van der Waals surface area contributed by atoms with Crippen LogP contribution in [0.3, 0.4) is 0 Å². The van der Waals surface area contributed by atoms with Crippen LogP contribution in [0.5, 0.6) is 0 Å². The Hall–Kier alpha value is -2.96. The van der Waals surface area contributed by atoms with Crippen molar-refractivity contribution in [1.29, 1.82) is 10.5 Å². The van der Waals surface area contributed by atoms with E-state index < -0.39 is 0 Å². The van der Waals surface area contributed by atoms with Crippen molar-refractivity contribution in [3.8, 4) is 12.1 Å². The maximum atomic E-state index is 12.4. The van der Waals surface area contributed by atoms with Crippen molar-refractivity contribution in [3.05, 3.63) is 62.3 Å². The number of hydrogen-bond acceptors (Lipinski definition) is 5. The summed E-state index contributed by atoms with van der Waals surface area (Å²) in [5.41, 5.74) is 0.298. The fourth-order valence-electron chi connectivity index (χ4n) is 1.72. The number of hydrogen-bond donors (Lipinski definition) is 0. The quantitative estimate of drug-likeness (QED) is 0.773. The van der Waals surface area contributed by atoms with Gasteiger partial charge in [0, 0.05) is 12.7 Å². The van der Waals surface area contributed by atoms with Crippen LogP contribution in [-0.4, -0.2) is 9.55 Å². The molecule has 0 N–H and O–H groups in total. The number of nitrogens with zero attached hydrogens (tertiary/aromatic N) is 4. The van der Waals surface area contributed by atoms with Gasteiger partial charge in [-0.05, 0) is 18.2 Å². The van der Waals surface area contributed by atoms with Gasteiger partial charge >= 0.3 is 0 Å². The summed E-state index contributed by atoms with van der Waals surface area (Å²) in [6, 6.07) is 9.00. The normalized spacial score (nSPS) is 10.7. The van der Waals surface area contributed by atoms with Crippen molar-refractivity contribution in [3.63, 3.8) is 0 Å². The zero-order valence-electron chi connectivity index (χ0n) is 11.0. The summed E-state index contributed by atoms with van der Waals surface area (Å²) in [7, 11) is 0. The van der Waals surface area contributed by atoms with Crippen LogP contribution in [0, 0.1) is 22.7 Å². The van der Waals surface area contributed by atoms with Crippen LogP contribution in [0.4, 0.5) is 0 Å². The Labute approximate surface area is 124 Å². The molecule has 0 saturated heterocycles. The minimum absolute atomic E-state index is 0.0837. The maximum Gasteiger partial charge on any atom is 0.269 e. The minimum Gasteiger partial charge on any atom is -0.293 e. The molecule has 2 aromatic rings. The van der Waals surface area contributed by atoms with E-state index in [0.29, 0.717) is 14.9 Å². The van der Waals surface area contributed by atoms with Crippen LogP contribution in [0.2, 0.25) is 0 Å². The third-order valence-corrected chi connectivity index (χ3v) is 3.75. The molecular weight excluding hydrogens is 284 g/mol. The van der Waals surface area contributed by atoms with Crippen LogP contribution in [-0.2, 0) is 6.54 Å². The number of nitriles is 2. The second-order valence-corrected chi connectivity index (χ2v) is 5.00. The lowest BCUT2D eigenvalue weighted by Gasteiger charge is -1.94. The molecule has 21 heavy (non-hydrogen) atoms. The molecule has 0 aliphatic heterocycles. The summed E-state index contributed by atoms with van der Waals surface area (Å²) >= 11 is 1.10. The van der Waals surface area contributed by atoms with Gasteiger partial charge in [0.2, 0.25) is 0 Å². The fraction of sp³-hybridized carbons (Fsp3) is 0.0667. The third kappa shape index (κ3) is 2.97. The second kappa shape index (κ2) is 6.47. The second-order valence-electron chi connectivity index (χ2n) is 3.97. The van der Waals surface area contributed by atoms with Crippen molar-refractivity contribution in [2.75, 3.05) is 0 Å². The van der Waals surface area contributed by atoms with Gasteiger partial charge in [0.25, 0.3) is 5.56 Å². The molecular formula is C15H10N4OS. The molecule has 0 unspecified atom stereocenters. The van der Waals surface area contributed by atoms with Crippen molar-refractivity contribution in [1.82, 2.24) is 9.55 Å². The summed E-state index contributed by atoms with van der Waals surface area (Å²) < 4.78 is 2.13. The van der Waals surface area contributed by atoms with Crippen molar-refractivity contribution in [2.24, 2.45) is 0 Å². The first-order chi connectivity index (χ1) is 10.2. The lowest BCUT2D eigenvalue weighted by atomic mass is 10.3. The van der Waals surface area contributed by atoms with E-state index in [1.54, 1.807) is 30.5 Å². The van der Waals surface area contributed by atoms with Gasteiger partial charge in [-0.15, -0.1) is 17.9 Å². The predicted molar refractivity (Wildman–Crippen MR) is 80.5 cm³/mol. The number of thiazole rings is 1. The van der Waals surface area contributed by atoms with Crippen LogP contribution in [0.1, 0.15) is 5.69 Å². The van der Waals surface area contributed by atoms with E-state index in [4.69, 9.17) is 10.5 Å². The lowest BCUT2D eigenvalue weighted by molar-refractivity contribution is 0.775. The summed E-state index contributed by atoms with van der Waals surface area (Å²) in [6.07, 6.45) is 4.82. The van der Waals surface area contributed by atoms with Crippen molar-refractivity contribution < 1.29 is 0 Å². The van der Waals surface area contributed by atoms with Gasteiger partial charge in [0.1, 0.15) is 16.8 Å². The molecule has 0 atom stereocenters. The average Bonchev–Trinajstić information content (AvgIpc) is 2.80. The SMILES string of the molecule is C=CCn1c(=C(C#N)C#N)s/c(=C\c2ccccn2)c1=O. The van der Waals surface area contributed by atoms with Gasteiger partial charge in [-0.2, -0.15) is 10.5 Å². The Kier molecular flexibility index (Phi) is 4.45. The molecule has 0 fully saturated rings. The monoisotopic (exact) mass is 294 g/mol. The van der Waals surface area contributed by atoms with E-state index in [1.165, 1.54) is 4.57 Å². The maximum absolute atomic E-state index is 12.4. The molecule has 0 saturated carbocycles. The van der Waals surface area contributed by atoms with E-state index in [0.717, 1.165) is 11.3 Å². The molecule has 2 heterocycles. The van der Waals surface area contributed by atoms with E-state index in [-0.39, 0.29) is 17.7 Å². The van der Waals surface area contributed by atoms with Gasteiger partial charge < -0.3 is 0 Å². The van der Waals surface area contributed by atoms with Gasteiger partial charge in [0.05, 0.1) is 10.2 Å². The standard InChI is InChI=1S/C15H10N4OS/c1-2-7-19-14(20)13(8-12-5-3-4-6-18-12)21-15(19)11(9-16)10-17/h2-6,8H,1,7H2/b13-8-.